The average molecular weight is 385 g/mol. The van der Waals surface area contributed by atoms with E-state index in [1.54, 1.807) is 32.0 Å². The summed E-state index contributed by atoms with van der Waals surface area (Å²) in [6.45, 7) is 7.72. The molecule has 1 aliphatic heterocycles. The number of fused-ring (bicyclic) bond motifs is 1. The van der Waals surface area contributed by atoms with Crippen molar-refractivity contribution in [1.29, 1.82) is 0 Å². The summed E-state index contributed by atoms with van der Waals surface area (Å²) in [5.74, 6) is -1.57. The number of aromatic nitrogens is 2. The number of benzene rings is 1. The summed E-state index contributed by atoms with van der Waals surface area (Å²) < 4.78 is 15.3. The van der Waals surface area contributed by atoms with Crippen LogP contribution in [-0.2, 0) is 19.1 Å². The summed E-state index contributed by atoms with van der Waals surface area (Å²) in [7, 11) is 1.31. The van der Waals surface area contributed by atoms with Crippen LogP contribution < -0.4 is 5.32 Å². The lowest BCUT2D eigenvalue weighted by molar-refractivity contribution is -0.140. The van der Waals surface area contributed by atoms with Crippen molar-refractivity contribution in [3.8, 4) is 0 Å². The summed E-state index contributed by atoms with van der Waals surface area (Å²) in [4.78, 5) is 25.6. The van der Waals surface area contributed by atoms with Gasteiger partial charge in [-0.2, -0.15) is 0 Å². The van der Waals surface area contributed by atoms with Crippen molar-refractivity contribution in [2.24, 2.45) is 5.92 Å². The van der Waals surface area contributed by atoms with E-state index < -0.39 is 17.9 Å². The number of hydrogen-bond acceptors (Lipinski definition) is 8. The van der Waals surface area contributed by atoms with Crippen LogP contribution >= 0.6 is 0 Å². The fourth-order valence-corrected chi connectivity index (χ4v) is 3.34. The van der Waals surface area contributed by atoms with E-state index in [0.29, 0.717) is 39.1 Å². The van der Waals surface area contributed by atoms with Crippen molar-refractivity contribution in [1.82, 2.24) is 15.6 Å². The Bertz CT molecular complexity index is 987. The highest BCUT2D eigenvalue weighted by atomic mass is 16.6. The molecule has 1 unspecified atom stereocenters. The van der Waals surface area contributed by atoms with E-state index in [-0.39, 0.29) is 12.5 Å². The van der Waals surface area contributed by atoms with Gasteiger partial charge in [-0.1, -0.05) is 26.0 Å². The highest BCUT2D eigenvalue weighted by Crippen LogP contribution is 2.41. The van der Waals surface area contributed by atoms with Crippen molar-refractivity contribution in [2.75, 3.05) is 13.7 Å². The van der Waals surface area contributed by atoms with Crippen LogP contribution in [0.25, 0.3) is 11.0 Å². The lowest BCUT2D eigenvalue weighted by Gasteiger charge is -2.30. The monoisotopic (exact) mass is 385 g/mol. The Balaban J connectivity index is 2.19. The molecule has 0 bridgehead atoms. The molecule has 0 radical (unpaired) electrons. The second kappa shape index (κ2) is 7.84. The quantitative estimate of drug-likeness (QED) is 0.784. The van der Waals surface area contributed by atoms with Crippen molar-refractivity contribution >= 4 is 23.0 Å². The first-order valence-corrected chi connectivity index (χ1v) is 9.00. The van der Waals surface area contributed by atoms with Crippen molar-refractivity contribution in [3.05, 3.63) is 46.3 Å². The van der Waals surface area contributed by atoms with E-state index in [1.807, 2.05) is 13.8 Å². The predicted octanol–water partition coefficient (Wildman–Crippen LogP) is 2.83. The van der Waals surface area contributed by atoms with Gasteiger partial charge in [0.2, 0.25) is 0 Å². The Kier molecular flexibility index (Phi) is 5.48. The number of rotatable bonds is 5. The molecule has 0 saturated carbocycles. The fourth-order valence-electron chi connectivity index (χ4n) is 3.34. The molecule has 8 heteroatoms. The average Bonchev–Trinajstić information content (AvgIpc) is 3.13. The van der Waals surface area contributed by atoms with Gasteiger partial charge in [0.1, 0.15) is 11.0 Å². The molecule has 0 amide bonds. The van der Waals surface area contributed by atoms with Crippen molar-refractivity contribution in [2.45, 2.75) is 33.6 Å². The maximum absolute atomic E-state index is 13.0. The Morgan fingerprint density at radius 1 is 1.14 bits per heavy atom. The summed E-state index contributed by atoms with van der Waals surface area (Å²) >= 11 is 0. The third kappa shape index (κ3) is 3.49. The van der Waals surface area contributed by atoms with E-state index in [0.717, 1.165) is 0 Å². The first kappa shape index (κ1) is 19.6. The normalized spacial score (nSPS) is 17.1. The largest absolute Gasteiger partial charge is 0.466 e. The number of ether oxygens (including phenoxy) is 2. The number of carbonyl (C=O) groups excluding carboxylic acids is 2. The van der Waals surface area contributed by atoms with Gasteiger partial charge in [0.05, 0.1) is 30.8 Å². The third-order valence-electron chi connectivity index (χ3n) is 4.56. The number of methoxy groups -OCH3 is 1. The second-order valence-electron chi connectivity index (χ2n) is 7.10. The minimum atomic E-state index is -0.719. The van der Waals surface area contributed by atoms with Gasteiger partial charge in [-0.3, -0.25) is 0 Å². The van der Waals surface area contributed by atoms with Crippen molar-refractivity contribution < 1.29 is 23.7 Å². The van der Waals surface area contributed by atoms with Gasteiger partial charge in [0, 0.05) is 11.4 Å². The van der Waals surface area contributed by atoms with Crippen LogP contribution in [0.2, 0.25) is 0 Å². The summed E-state index contributed by atoms with van der Waals surface area (Å²) in [6, 6.07) is 5.32. The summed E-state index contributed by atoms with van der Waals surface area (Å²) in [5, 5.41) is 10.9. The topological polar surface area (TPSA) is 104 Å². The van der Waals surface area contributed by atoms with Gasteiger partial charge < -0.3 is 14.8 Å². The highest BCUT2D eigenvalue weighted by molar-refractivity contribution is 6.01. The smallest absolute Gasteiger partial charge is 0.336 e. The Morgan fingerprint density at radius 2 is 1.82 bits per heavy atom. The Hall–Kier alpha value is -3.16. The minimum absolute atomic E-state index is 0.181. The first-order chi connectivity index (χ1) is 13.3. The molecule has 0 aliphatic carbocycles. The van der Waals surface area contributed by atoms with Crippen LogP contribution in [-0.4, -0.2) is 36.0 Å². The van der Waals surface area contributed by atoms with E-state index >= 15 is 0 Å². The molecule has 148 valence electrons. The second-order valence-corrected chi connectivity index (χ2v) is 7.10. The number of esters is 2. The van der Waals surface area contributed by atoms with Crippen LogP contribution in [0.5, 0.6) is 0 Å². The zero-order chi connectivity index (χ0) is 20.4. The molecular weight excluding hydrogens is 362 g/mol. The summed E-state index contributed by atoms with van der Waals surface area (Å²) in [5.41, 5.74) is 3.50. The first-order valence-electron chi connectivity index (χ1n) is 9.00. The summed E-state index contributed by atoms with van der Waals surface area (Å²) in [6.07, 6.45) is 0. The molecule has 3 rings (SSSR count). The Labute approximate surface area is 162 Å². The van der Waals surface area contributed by atoms with Gasteiger partial charge in [-0.05, 0) is 41.7 Å². The number of allylic oxidation sites excluding steroid dienone is 2. The number of nitrogens with one attached hydrogen (secondary N) is 1. The van der Waals surface area contributed by atoms with Crippen LogP contribution in [0.1, 0.15) is 39.2 Å². The molecule has 1 N–H and O–H groups in total. The SMILES string of the molecule is COC(=O)C1=C(C)NC(C)=C(C(=O)OCC(C)C)C1c1cccc2nonc12. The van der Waals surface area contributed by atoms with Gasteiger partial charge in [0.25, 0.3) is 0 Å². The maximum atomic E-state index is 13.0. The van der Waals surface area contributed by atoms with Crippen LogP contribution in [0.3, 0.4) is 0 Å². The predicted molar refractivity (Wildman–Crippen MR) is 101 cm³/mol. The number of carbonyl (C=O) groups is 2. The van der Waals surface area contributed by atoms with Crippen molar-refractivity contribution in [3.63, 3.8) is 0 Å². The molecule has 0 spiro atoms. The van der Waals surface area contributed by atoms with E-state index in [2.05, 4.69) is 15.6 Å². The zero-order valence-corrected chi connectivity index (χ0v) is 16.5. The molecule has 0 fully saturated rings. The molecule has 2 heterocycles. The number of nitrogens with zero attached hydrogens (tertiary/aromatic N) is 2. The highest BCUT2D eigenvalue weighted by Gasteiger charge is 2.39. The molecule has 1 atom stereocenters. The third-order valence-corrected chi connectivity index (χ3v) is 4.56. The van der Waals surface area contributed by atoms with Gasteiger partial charge in [-0.15, -0.1) is 0 Å². The molecule has 1 aromatic carbocycles. The minimum Gasteiger partial charge on any atom is -0.466 e. The van der Waals surface area contributed by atoms with Crippen LogP contribution in [0, 0.1) is 5.92 Å². The van der Waals surface area contributed by atoms with E-state index in [9.17, 15) is 9.59 Å². The van der Waals surface area contributed by atoms with E-state index in [4.69, 9.17) is 14.1 Å². The van der Waals surface area contributed by atoms with Gasteiger partial charge in [-0.25, -0.2) is 14.2 Å². The van der Waals surface area contributed by atoms with Crippen LogP contribution in [0.15, 0.2) is 45.4 Å². The molecule has 28 heavy (non-hydrogen) atoms. The maximum Gasteiger partial charge on any atom is 0.336 e. The zero-order valence-electron chi connectivity index (χ0n) is 16.5. The van der Waals surface area contributed by atoms with Gasteiger partial charge >= 0.3 is 11.9 Å². The lowest BCUT2D eigenvalue weighted by atomic mass is 9.80. The van der Waals surface area contributed by atoms with Gasteiger partial charge in [0.15, 0.2) is 0 Å². The lowest BCUT2D eigenvalue weighted by Crippen LogP contribution is -2.32. The van der Waals surface area contributed by atoms with E-state index in [1.165, 1.54) is 7.11 Å². The number of hydrogen-bond donors (Lipinski definition) is 1. The molecule has 0 saturated heterocycles. The Morgan fingerprint density at radius 3 is 2.46 bits per heavy atom. The molecule has 1 aromatic heterocycles. The fraction of sp³-hybridized carbons (Fsp3) is 0.400. The molecular formula is C20H23N3O5. The molecule has 1 aliphatic rings. The van der Waals surface area contributed by atoms with Crippen LogP contribution in [0.4, 0.5) is 0 Å². The molecule has 8 nitrogen and oxygen atoms in total. The molecule has 2 aromatic rings. The standard InChI is InChI=1S/C20H23N3O5/c1-10(2)9-27-20(25)16-12(4)21-11(3)15(19(24)26-5)17(16)13-7-6-8-14-18(13)23-28-22-14/h6-8,10,17,21H,9H2,1-5H3. The number of dihydropyridines is 1.